The van der Waals surface area contributed by atoms with E-state index in [1.807, 2.05) is 29.4 Å². The summed E-state index contributed by atoms with van der Waals surface area (Å²) >= 11 is 1.53. The van der Waals surface area contributed by atoms with Crippen molar-refractivity contribution in [3.63, 3.8) is 0 Å². The largest absolute Gasteiger partial charge is 0.430 e. The molecule has 0 aliphatic carbocycles. The maximum Gasteiger partial charge on any atom is 0.430 e. The highest BCUT2D eigenvalue weighted by molar-refractivity contribution is 7.98. The van der Waals surface area contributed by atoms with Gasteiger partial charge in [0, 0.05) is 30.2 Å². The van der Waals surface area contributed by atoms with E-state index in [9.17, 15) is 31.4 Å². The average molecular weight is 465 g/mol. The number of aliphatic hydroxyl groups is 1. The highest BCUT2D eigenvalue weighted by Gasteiger charge is 2.71. The van der Waals surface area contributed by atoms with E-state index in [1.54, 1.807) is 0 Å². The molecule has 1 heterocycles. The molecule has 3 rings (SSSR count). The Labute approximate surface area is 179 Å². The Hall–Kier alpha value is -1.79. The zero-order valence-electron chi connectivity index (χ0n) is 16.4. The van der Waals surface area contributed by atoms with E-state index in [4.69, 9.17) is 11.5 Å². The predicted octanol–water partition coefficient (Wildman–Crippen LogP) is 3.65. The van der Waals surface area contributed by atoms with Crippen molar-refractivity contribution in [2.24, 2.45) is 11.5 Å². The van der Waals surface area contributed by atoms with E-state index in [0.717, 1.165) is 28.2 Å². The normalized spacial score (nSPS) is 20.2. The summed E-state index contributed by atoms with van der Waals surface area (Å²) in [5.41, 5.74) is 6.78. The first-order valence-corrected chi connectivity index (χ1v) is 10.4. The summed E-state index contributed by atoms with van der Waals surface area (Å²) in [6.07, 6.45) is -9.99. The molecular weight excluding hydrogens is 444 g/mol. The first kappa shape index (κ1) is 23.9. The molecule has 5 N–H and O–H groups in total. The molecule has 0 saturated carbocycles. The fourth-order valence-corrected chi connectivity index (χ4v) is 4.60. The van der Waals surface area contributed by atoms with Gasteiger partial charge in [0.05, 0.1) is 5.54 Å². The fourth-order valence-electron chi connectivity index (χ4n) is 4.13. The van der Waals surface area contributed by atoms with Crippen LogP contribution >= 0.6 is 11.8 Å². The molecule has 0 fully saturated rings. The average Bonchev–Trinajstić information content (AvgIpc) is 3.05. The van der Waals surface area contributed by atoms with Crippen molar-refractivity contribution < 1.29 is 31.4 Å². The summed E-state index contributed by atoms with van der Waals surface area (Å²) in [6, 6.07) is 9.21. The zero-order chi connectivity index (χ0) is 23.2. The molecule has 1 aliphatic rings. The summed E-state index contributed by atoms with van der Waals surface area (Å²) in [7, 11) is 0. The standard InChI is InChI=1S/C20H21F6N3OS/c1-31-15-6-7-16-12(8-15)9-29(11-28)17(16,10-27)13-2-4-14(5-3-13)18(30,19(21,22)23)20(24,25)26/h2-8,30H,9-11,27-28H2,1H3. The first-order valence-electron chi connectivity index (χ1n) is 9.16. The lowest BCUT2D eigenvalue weighted by atomic mass is 9.81. The molecule has 170 valence electrons. The van der Waals surface area contributed by atoms with E-state index in [1.165, 1.54) is 11.8 Å². The third kappa shape index (κ3) is 3.52. The van der Waals surface area contributed by atoms with Crippen LogP contribution in [0.4, 0.5) is 26.3 Å². The second-order valence-electron chi connectivity index (χ2n) is 7.25. The van der Waals surface area contributed by atoms with Crippen LogP contribution in [0.2, 0.25) is 0 Å². The zero-order valence-corrected chi connectivity index (χ0v) is 17.2. The number of alkyl halides is 6. The van der Waals surface area contributed by atoms with Crippen LogP contribution in [-0.4, -0.2) is 41.8 Å². The first-order chi connectivity index (χ1) is 14.4. The van der Waals surface area contributed by atoms with Gasteiger partial charge in [0.2, 0.25) is 0 Å². The van der Waals surface area contributed by atoms with Gasteiger partial charge in [-0.2, -0.15) is 26.3 Å². The summed E-state index contributed by atoms with van der Waals surface area (Å²) in [6.45, 7) is 0.490. The van der Waals surface area contributed by atoms with Crippen LogP contribution in [0.1, 0.15) is 22.3 Å². The topological polar surface area (TPSA) is 75.5 Å². The Bertz CT molecular complexity index is 933. The van der Waals surface area contributed by atoms with Gasteiger partial charge >= 0.3 is 12.4 Å². The molecule has 11 heteroatoms. The monoisotopic (exact) mass is 465 g/mol. The second kappa shape index (κ2) is 7.96. The molecule has 2 aromatic rings. The van der Waals surface area contributed by atoms with Crippen molar-refractivity contribution in [3.8, 4) is 0 Å². The minimum absolute atomic E-state index is 0.00201. The number of thioether (sulfide) groups is 1. The van der Waals surface area contributed by atoms with Gasteiger partial charge in [-0.1, -0.05) is 30.3 Å². The van der Waals surface area contributed by atoms with Crippen molar-refractivity contribution in [3.05, 3.63) is 64.7 Å². The van der Waals surface area contributed by atoms with E-state index < -0.39 is 29.1 Å². The van der Waals surface area contributed by atoms with Crippen LogP contribution in [-0.2, 0) is 17.7 Å². The van der Waals surface area contributed by atoms with Crippen LogP contribution in [0.25, 0.3) is 0 Å². The van der Waals surface area contributed by atoms with E-state index in [-0.39, 0.29) is 13.2 Å². The van der Waals surface area contributed by atoms with Crippen LogP contribution in [0.15, 0.2) is 47.4 Å². The molecule has 0 aromatic heterocycles. The Balaban J connectivity index is 2.15. The molecule has 1 unspecified atom stereocenters. The van der Waals surface area contributed by atoms with E-state index in [0.29, 0.717) is 24.2 Å². The summed E-state index contributed by atoms with van der Waals surface area (Å²) in [4.78, 5) is 2.82. The van der Waals surface area contributed by atoms with Crippen LogP contribution in [0, 0.1) is 0 Å². The van der Waals surface area contributed by atoms with Gasteiger partial charge in [0.15, 0.2) is 0 Å². The number of hydrogen-bond acceptors (Lipinski definition) is 5. The second-order valence-corrected chi connectivity index (χ2v) is 8.13. The lowest BCUT2D eigenvalue weighted by Gasteiger charge is -2.39. The molecule has 4 nitrogen and oxygen atoms in total. The van der Waals surface area contributed by atoms with Crippen molar-refractivity contribution in [1.82, 2.24) is 4.90 Å². The van der Waals surface area contributed by atoms with Crippen LogP contribution in [0.3, 0.4) is 0 Å². The summed E-state index contributed by atoms with van der Waals surface area (Å²) in [5.74, 6) is 0. The maximum absolute atomic E-state index is 13.2. The molecule has 31 heavy (non-hydrogen) atoms. The summed E-state index contributed by atoms with van der Waals surface area (Å²) < 4.78 is 79.2. The number of fused-ring (bicyclic) bond motifs is 1. The number of nitrogens with zero attached hydrogens (tertiary/aromatic N) is 1. The fraction of sp³-hybridized carbons (Fsp3) is 0.400. The van der Waals surface area contributed by atoms with Crippen molar-refractivity contribution in [2.45, 2.75) is 34.9 Å². The van der Waals surface area contributed by atoms with Gasteiger partial charge in [0.1, 0.15) is 0 Å². The van der Waals surface area contributed by atoms with E-state index in [2.05, 4.69) is 0 Å². The number of nitrogens with two attached hydrogens (primary N) is 2. The van der Waals surface area contributed by atoms with Crippen molar-refractivity contribution >= 4 is 11.8 Å². The van der Waals surface area contributed by atoms with Gasteiger partial charge in [-0.15, -0.1) is 11.8 Å². The molecule has 1 atom stereocenters. The molecular formula is C20H21F6N3OS. The molecule has 0 saturated heterocycles. The van der Waals surface area contributed by atoms with E-state index >= 15 is 0 Å². The number of halogens is 6. The third-order valence-corrected chi connectivity index (χ3v) is 6.50. The predicted molar refractivity (Wildman–Crippen MR) is 105 cm³/mol. The highest BCUT2D eigenvalue weighted by atomic mass is 32.2. The number of benzene rings is 2. The third-order valence-electron chi connectivity index (χ3n) is 5.78. The van der Waals surface area contributed by atoms with Gasteiger partial charge in [-0.25, -0.2) is 0 Å². The van der Waals surface area contributed by atoms with Gasteiger partial charge in [0.25, 0.3) is 5.60 Å². The highest BCUT2D eigenvalue weighted by Crippen LogP contribution is 2.51. The van der Waals surface area contributed by atoms with Crippen molar-refractivity contribution in [2.75, 3.05) is 19.5 Å². The number of rotatable bonds is 5. The molecule has 2 aromatic carbocycles. The summed E-state index contributed by atoms with van der Waals surface area (Å²) in [5, 5.41) is 9.64. The molecule has 0 bridgehead atoms. The molecule has 0 spiro atoms. The maximum atomic E-state index is 13.2. The Kier molecular flexibility index (Phi) is 6.13. The molecule has 0 radical (unpaired) electrons. The quantitative estimate of drug-likeness (QED) is 0.464. The van der Waals surface area contributed by atoms with Crippen molar-refractivity contribution in [1.29, 1.82) is 0 Å². The molecule has 0 amide bonds. The lowest BCUT2D eigenvalue weighted by Crippen LogP contribution is -2.54. The SMILES string of the molecule is CSc1ccc2c(c1)CN(CN)C2(CN)c1ccc(C(O)(C(F)(F)F)C(F)(F)F)cc1. The van der Waals surface area contributed by atoms with Gasteiger partial charge < -0.3 is 16.6 Å². The minimum atomic E-state index is -5.95. The Morgan fingerprint density at radius 1 is 1.00 bits per heavy atom. The van der Waals surface area contributed by atoms with Crippen LogP contribution < -0.4 is 11.5 Å². The lowest BCUT2D eigenvalue weighted by molar-refractivity contribution is -0.376. The smallest absolute Gasteiger partial charge is 0.369 e. The Morgan fingerprint density at radius 3 is 2.03 bits per heavy atom. The van der Waals surface area contributed by atoms with Crippen LogP contribution in [0.5, 0.6) is 0 Å². The van der Waals surface area contributed by atoms with Gasteiger partial charge in [-0.05, 0) is 35.1 Å². The minimum Gasteiger partial charge on any atom is -0.369 e. The Morgan fingerprint density at radius 2 is 1.58 bits per heavy atom. The number of hydrogen-bond donors (Lipinski definition) is 3. The molecule has 1 aliphatic heterocycles. The van der Waals surface area contributed by atoms with Gasteiger partial charge in [-0.3, -0.25) is 4.90 Å².